The van der Waals surface area contributed by atoms with Gasteiger partial charge >= 0.3 is 0 Å². The van der Waals surface area contributed by atoms with Crippen molar-refractivity contribution in [3.05, 3.63) is 57.6 Å². The van der Waals surface area contributed by atoms with Crippen molar-refractivity contribution in [3.8, 4) is 11.5 Å². The molecule has 160 valence electrons. The number of nitrogens with one attached hydrogen (secondary N) is 2. The van der Waals surface area contributed by atoms with Crippen LogP contribution < -0.4 is 20.1 Å². The van der Waals surface area contributed by atoms with E-state index in [0.29, 0.717) is 46.5 Å². The van der Waals surface area contributed by atoms with E-state index in [1.807, 2.05) is 13.8 Å². The predicted octanol–water partition coefficient (Wildman–Crippen LogP) is 5.19. The van der Waals surface area contributed by atoms with Gasteiger partial charge in [-0.1, -0.05) is 30.1 Å². The highest BCUT2D eigenvalue weighted by molar-refractivity contribution is 6.34. The fourth-order valence-electron chi connectivity index (χ4n) is 2.59. The molecule has 2 aromatic rings. The standard InChI is InChI=1S/C22H24Cl2N2O4/c1-4-10-25-22(28)16-8-7-15(13-17(16)23)26-20(27)9-6-14-11-18(24)21(30-5-2)19(12-14)29-3/h6-9,11-13H,4-5,10H2,1-3H3,(H,25,28)(H,26,27)/b9-6+. The van der Waals surface area contributed by atoms with Gasteiger partial charge < -0.3 is 20.1 Å². The molecule has 0 heterocycles. The SMILES string of the molecule is CCCNC(=O)c1ccc(NC(=O)/C=C/c2cc(Cl)c(OCC)c(OC)c2)cc1Cl. The number of rotatable bonds is 9. The Balaban J connectivity index is 2.08. The summed E-state index contributed by atoms with van der Waals surface area (Å²) in [6, 6.07) is 8.13. The monoisotopic (exact) mass is 450 g/mol. The van der Waals surface area contributed by atoms with Gasteiger partial charge in [0.05, 0.1) is 29.3 Å². The molecular formula is C22H24Cl2N2O4. The Morgan fingerprint density at radius 1 is 1.10 bits per heavy atom. The van der Waals surface area contributed by atoms with Crippen molar-refractivity contribution in [2.75, 3.05) is 25.6 Å². The maximum Gasteiger partial charge on any atom is 0.252 e. The Morgan fingerprint density at radius 3 is 2.50 bits per heavy atom. The first kappa shape index (κ1) is 23.6. The van der Waals surface area contributed by atoms with Crippen molar-refractivity contribution in [2.24, 2.45) is 0 Å². The molecule has 0 spiro atoms. The van der Waals surface area contributed by atoms with Crippen molar-refractivity contribution in [2.45, 2.75) is 20.3 Å². The summed E-state index contributed by atoms with van der Waals surface area (Å²) in [7, 11) is 1.52. The van der Waals surface area contributed by atoms with Crippen LogP contribution in [-0.2, 0) is 4.79 Å². The summed E-state index contributed by atoms with van der Waals surface area (Å²) in [5.74, 6) is 0.327. The number of anilines is 1. The zero-order chi connectivity index (χ0) is 22.1. The van der Waals surface area contributed by atoms with Crippen LogP contribution in [0.3, 0.4) is 0 Å². The number of amides is 2. The topological polar surface area (TPSA) is 76.7 Å². The Kier molecular flexibility index (Phi) is 9.02. The van der Waals surface area contributed by atoms with E-state index in [1.165, 1.54) is 19.3 Å². The van der Waals surface area contributed by atoms with Crippen LogP contribution in [0.15, 0.2) is 36.4 Å². The van der Waals surface area contributed by atoms with Crippen molar-refractivity contribution >= 4 is 46.8 Å². The van der Waals surface area contributed by atoms with E-state index in [4.69, 9.17) is 32.7 Å². The van der Waals surface area contributed by atoms with Crippen LogP contribution >= 0.6 is 23.2 Å². The number of carbonyl (C=O) groups is 2. The molecule has 0 aromatic heterocycles. The van der Waals surface area contributed by atoms with Crippen LogP contribution in [0.1, 0.15) is 36.2 Å². The molecular weight excluding hydrogens is 427 g/mol. The number of hydrogen-bond acceptors (Lipinski definition) is 4. The van der Waals surface area contributed by atoms with Gasteiger partial charge in [-0.15, -0.1) is 0 Å². The highest BCUT2D eigenvalue weighted by Gasteiger charge is 2.12. The van der Waals surface area contributed by atoms with Crippen LogP contribution in [0.2, 0.25) is 10.0 Å². The molecule has 0 aliphatic rings. The lowest BCUT2D eigenvalue weighted by atomic mass is 10.1. The molecule has 0 saturated carbocycles. The molecule has 2 N–H and O–H groups in total. The van der Waals surface area contributed by atoms with E-state index in [2.05, 4.69) is 10.6 Å². The van der Waals surface area contributed by atoms with Crippen LogP contribution in [0.5, 0.6) is 11.5 Å². The van der Waals surface area contributed by atoms with E-state index in [0.717, 1.165) is 6.42 Å². The van der Waals surface area contributed by atoms with Gasteiger partial charge in [0.1, 0.15) is 0 Å². The second-order valence-corrected chi connectivity index (χ2v) is 7.05. The molecule has 6 nitrogen and oxygen atoms in total. The van der Waals surface area contributed by atoms with Crippen LogP contribution in [0, 0.1) is 0 Å². The third-order valence-electron chi connectivity index (χ3n) is 3.98. The molecule has 0 bridgehead atoms. The first-order valence-corrected chi connectivity index (χ1v) is 10.2. The van der Waals surface area contributed by atoms with Crippen molar-refractivity contribution in [1.29, 1.82) is 0 Å². The summed E-state index contributed by atoms with van der Waals surface area (Å²) < 4.78 is 10.8. The molecule has 0 aliphatic carbocycles. The summed E-state index contributed by atoms with van der Waals surface area (Å²) >= 11 is 12.4. The van der Waals surface area contributed by atoms with Gasteiger partial charge in [0, 0.05) is 18.3 Å². The summed E-state index contributed by atoms with van der Waals surface area (Å²) in [5, 5.41) is 6.12. The smallest absolute Gasteiger partial charge is 0.252 e. The first-order chi connectivity index (χ1) is 14.4. The fourth-order valence-corrected chi connectivity index (χ4v) is 3.13. The summed E-state index contributed by atoms with van der Waals surface area (Å²) in [4.78, 5) is 24.3. The second kappa shape index (κ2) is 11.5. The molecule has 0 aliphatic heterocycles. The predicted molar refractivity (Wildman–Crippen MR) is 121 cm³/mol. The van der Waals surface area contributed by atoms with Crippen molar-refractivity contribution in [1.82, 2.24) is 5.32 Å². The second-order valence-electron chi connectivity index (χ2n) is 6.24. The highest BCUT2D eigenvalue weighted by atomic mass is 35.5. The Morgan fingerprint density at radius 2 is 1.87 bits per heavy atom. The molecule has 0 radical (unpaired) electrons. The minimum absolute atomic E-state index is 0.249. The normalized spacial score (nSPS) is 10.7. The number of methoxy groups -OCH3 is 1. The lowest BCUT2D eigenvalue weighted by molar-refractivity contribution is -0.111. The van der Waals surface area contributed by atoms with E-state index < -0.39 is 0 Å². The molecule has 30 heavy (non-hydrogen) atoms. The molecule has 2 rings (SSSR count). The Hall–Kier alpha value is -2.70. The number of ether oxygens (including phenoxy) is 2. The molecule has 2 amide bonds. The largest absolute Gasteiger partial charge is 0.493 e. The molecule has 8 heteroatoms. The molecule has 0 saturated heterocycles. The quantitative estimate of drug-likeness (QED) is 0.515. The van der Waals surface area contributed by atoms with Crippen LogP contribution in [0.25, 0.3) is 6.08 Å². The molecule has 0 fully saturated rings. The third kappa shape index (κ3) is 6.40. The molecule has 2 aromatic carbocycles. The number of halogens is 2. The zero-order valence-corrected chi connectivity index (χ0v) is 18.6. The fraction of sp³-hybridized carbons (Fsp3) is 0.273. The summed E-state index contributed by atoms with van der Waals surface area (Å²) in [5.41, 5.74) is 1.51. The average molecular weight is 451 g/mol. The van der Waals surface area contributed by atoms with Crippen molar-refractivity contribution in [3.63, 3.8) is 0 Å². The van der Waals surface area contributed by atoms with Gasteiger partial charge in [-0.2, -0.15) is 0 Å². The lowest BCUT2D eigenvalue weighted by Gasteiger charge is -2.12. The Labute approximate surface area is 186 Å². The minimum atomic E-state index is -0.363. The van der Waals surface area contributed by atoms with Gasteiger partial charge in [-0.05, 0) is 55.3 Å². The highest BCUT2D eigenvalue weighted by Crippen LogP contribution is 2.36. The van der Waals surface area contributed by atoms with E-state index in [-0.39, 0.29) is 16.8 Å². The van der Waals surface area contributed by atoms with E-state index >= 15 is 0 Å². The average Bonchev–Trinajstić information content (AvgIpc) is 2.72. The summed E-state index contributed by atoms with van der Waals surface area (Å²) in [6.07, 6.45) is 3.80. The Bertz CT molecular complexity index is 945. The van der Waals surface area contributed by atoms with E-state index in [9.17, 15) is 9.59 Å². The number of carbonyl (C=O) groups excluding carboxylic acids is 2. The maximum atomic E-state index is 12.3. The third-order valence-corrected chi connectivity index (χ3v) is 4.58. The first-order valence-electron chi connectivity index (χ1n) is 9.46. The van der Waals surface area contributed by atoms with Gasteiger partial charge in [-0.3, -0.25) is 9.59 Å². The molecule has 0 atom stereocenters. The number of benzene rings is 2. The van der Waals surface area contributed by atoms with Crippen LogP contribution in [-0.4, -0.2) is 32.1 Å². The maximum absolute atomic E-state index is 12.3. The summed E-state index contributed by atoms with van der Waals surface area (Å²) in [6.45, 7) is 4.84. The molecule has 0 unspecified atom stereocenters. The number of hydrogen-bond donors (Lipinski definition) is 2. The zero-order valence-electron chi connectivity index (χ0n) is 17.1. The van der Waals surface area contributed by atoms with Gasteiger partial charge in [0.15, 0.2) is 11.5 Å². The van der Waals surface area contributed by atoms with Gasteiger partial charge in [0.25, 0.3) is 5.91 Å². The van der Waals surface area contributed by atoms with Crippen LogP contribution in [0.4, 0.5) is 5.69 Å². The van der Waals surface area contributed by atoms with E-state index in [1.54, 1.807) is 30.3 Å². The van der Waals surface area contributed by atoms with Gasteiger partial charge in [0.2, 0.25) is 5.91 Å². The van der Waals surface area contributed by atoms with Gasteiger partial charge in [-0.25, -0.2) is 0 Å². The van der Waals surface area contributed by atoms with Crippen molar-refractivity contribution < 1.29 is 19.1 Å². The minimum Gasteiger partial charge on any atom is -0.493 e. The lowest BCUT2D eigenvalue weighted by Crippen LogP contribution is -2.24.